The van der Waals surface area contributed by atoms with Crippen LogP contribution >= 0.6 is 0 Å². The molecular weight excluding hydrogens is 254 g/mol. The Balaban J connectivity index is 1.70. The van der Waals surface area contributed by atoms with Crippen molar-refractivity contribution in [3.8, 4) is 5.75 Å². The Morgan fingerprint density at radius 3 is 2.55 bits per heavy atom. The lowest BCUT2D eigenvalue weighted by Crippen LogP contribution is -2.53. The molecule has 0 radical (unpaired) electrons. The van der Waals surface area contributed by atoms with Gasteiger partial charge >= 0.3 is 0 Å². The van der Waals surface area contributed by atoms with Crippen LogP contribution in [0.3, 0.4) is 0 Å². The van der Waals surface area contributed by atoms with Gasteiger partial charge in [-0.1, -0.05) is 12.1 Å². The monoisotopic (exact) mass is 279 g/mol. The number of nitrogens with one attached hydrogen (secondary N) is 1. The van der Waals surface area contributed by atoms with Crippen molar-refractivity contribution < 1.29 is 14.6 Å². The molecule has 0 spiro atoms. The summed E-state index contributed by atoms with van der Waals surface area (Å²) >= 11 is 0. The van der Waals surface area contributed by atoms with Crippen molar-refractivity contribution in [3.63, 3.8) is 0 Å². The maximum Gasteiger partial charge on any atom is 0.118 e. The van der Waals surface area contributed by atoms with Gasteiger partial charge in [-0.3, -0.25) is 0 Å². The molecule has 20 heavy (non-hydrogen) atoms. The third-order valence-electron chi connectivity index (χ3n) is 4.00. The van der Waals surface area contributed by atoms with Crippen LogP contribution < -0.4 is 10.1 Å². The molecule has 0 amide bonds. The maximum atomic E-state index is 9.37. The Hall–Kier alpha value is -1.10. The van der Waals surface area contributed by atoms with Crippen molar-refractivity contribution in [2.24, 2.45) is 5.41 Å². The molecule has 112 valence electrons. The first kappa shape index (κ1) is 15.3. The molecule has 1 aromatic rings. The largest absolute Gasteiger partial charge is 0.497 e. The molecule has 1 fully saturated rings. The molecule has 2 N–H and O–H groups in total. The molecule has 0 saturated carbocycles. The smallest absolute Gasteiger partial charge is 0.118 e. The second-order valence-electron chi connectivity index (χ2n) is 5.82. The van der Waals surface area contributed by atoms with Crippen LogP contribution in [0.1, 0.15) is 18.9 Å². The Morgan fingerprint density at radius 2 is 2.05 bits per heavy atom. The van der Waals surface area contributed by atoms with Crippen LogP contribution in [-0.2, 0) is 11.2 Å². The molecule has 1 heterocycles. The number of methoxy groups -OCH3 is 1. The third kappa shape index (κ3) is 3.95. The number of benzene rings is 1. The van der Waals surface area contributed by atoms with E-state index in [0.717, 1.165) is 25.1 Å². The van der Waals surface area contributed by atoms with Gasteiger partial charge in [-0.15, -0.1) is 0 Å². The molecule has 0 aliphatic carbocycles. The fraction of sp³-hybridized carbons (Fsp3) is 0.625. The number of aryl methyl sites for hydroxylation is 1. The van der Waals surface area contributed by atoms with E-state index < -0.39 is 0 Å². The predicted octanol–water partition coefficient (Wildman–Crippen LogP) is 1.61. The van der Waals surface area contributed by atoms with Crippen LogP contribution in [0.5, 0.6) is 5.75 Å². The first-order chi connectivity index (χ1) is 9.67. The first-order valence-electron chi connectivity index (χ1n) is 7.22. The zero-order valence-electron chi connectivity index (χ0n) is 12.4. The minimum Gasteiger partial charge on any atom is -0.497 e. The van der Waals surface area contributed by atoms with E-state index in [1.807, 2.05) is 12.1 Å². The van der Waals surface area contributed by atoms with E-state index in [4.69, 9.17) is 9.47 Å². The Labute approximate surface area is 121 Å². The SMILES string of the molecule is COc1ccc(CCC(C)NCC2(CO)COC2)cc1. The average Bonchev–Trinajstić information content (AvgIpc) is 2.45. The van der Waals surface area contributed by atoms with Gasteiger partial charge in [0.15, 0.2) is 0 Å². The molecule has 0 aromatic heterocycles. The van der Waals surface area contributed by atoms with E-state index in [1.54, 1.807) is 7.11 Å². The zero-order chi connectivity index (χ0) is 14.4. The quantitative estimate of drug-likeness (QED) is 0.759. The Bertz CT molecular complexity index is 395. The molecule has 2 rings (SSSR count). The summed E-state index contributed by atoms with van der Waals surface area (Å²) in [4.78, 5) is 0. The molecular formula is C16H25NO3. The van der Waals surface area contributed by atoms with Crippen molar-refractivity contribution in [2.45, 2.75) is 25.8 Å². The number of rotatable bonds is 8. The minimum atomic E-state index is -0.0472. The summed E-state index contributed by atoms with van der Waals surface area (Å²) in [5.41, 5.74) is 1.28. The summed E-state index contributed by atoms with van der Waals surface area (Å²) in [5.74, 6) is 0.898. The van der Waals surface area contributed by atoms with E-state index in [2.05, 4.69) is 24.4 Å². The summed E-state index contributed by atoms with van der Waals surface area (Å²) in [6.07, 6.45) is 2.12. The summed E-state index contributed by atoms with van der Waals surface area (Å²) in [7, 11) is 1.68. The number of ether oxygens (including phenoxy) is 2. The summed E-state index contributed by atoms with van der Waals surface area (Å²) < 4.78 is 10.4. The van der Waals surface area contributed by atoms with Gasteiger partial charge in [0.1, 0.15) is 5.75 Å². The van der Waals surface area contributed by atoms with Crippen molar-refractivity contribution in [1.29, 1.82) is 0 Å². The molecule has 1 saturated heterocycles. The molecule has 4 heteroatoms. The first-order valence-corrected chi connectivity index (χ1v) is 7.22. The van der Waals surface area contributed by atoms with Gasteiger partial charge in [0.05, 0.1) is 32.3 Å². The van der Waals surface area contributed by atoms with Crippen molar-refractivity contribution in [1.82, 2.24) is 5.32 Å². The van der Waals surface area contributed by atoms with Crippen molar-refractivity contribution in [2.75, 3.05) is 33.5 Å². The highest BCUT2D eigenvalue weighted by Gasteiger charge is 2.37. The van der Waals surface area contributed by atoms with Crippen LogP contribution in [0, 0.1) is 5.41 Å². The minimum absolute atomic E-state index is 0.0472. The van der Waals surface area contributed by atoms with E-state index in [-0.39, 0.29) is 12.0 Å². The van der Waals surface area contributed by atoms with Gasteiger partial charge in [-0.25, -0.2) is 0 Å². The van der Waals surface area contributed by atoms with Gasteiger partial charge in [0.25, 0.3) is 0 Å². The van der Waals surface area contributed by atoms with E-state index in [1.165, 1.54) is 5.56 Å². The number of aliphatic hydroxyl groups is 1. The lowest BCUT2D eigenvalue weighted by Gasteiger charge is -2.40. The van der Waals surface area contributed by atoms with E-state index >= 15 is 0 Å². The normalized spacial score (nSPS) is 18.4. The lowest BCUT2D eigenvalue weighted by molar-refractivity contribution is -0.135. The third-order valence-corrected chi connectivity index (χ3v) is 4.00. The van der Waals surface area contributed by atoms with Crippen LogP contribution in [0.2, 0.25) is 0 Å². The molecule has 0 bridgehead atoms. The van der Waals surface area contributed by atoms with E-state index in [9.17, 15) is 5.11 Å². The molecule has 1 aromatic carbocycles. The fourth-order valence-corrected chi connectivity index (χ4v) is 2.31. The second-order valence-corrected chi connectivity index (χ2v) is 5.82. The Kier molecular flexibility index (Phi) is 5.40. The summed E-state index contributed by atoms with van der Waals surface area (Å²) in [6, 6.07) is 8.65. The summed E-state index contributed by atoms with van der Waals surface area (Å²) in [5, 5.41) is 12.9. The second kappa shape index (κ2) is 7.07. The number of aliphatic hydroxyl groups excluding tert-OH is 1. The molecule has 1 aliphatic rings. The predicted molar refractivity (Wildman–Crippen MR) is 79.1 cm³/mol. The van der Waals surface area contributed by atoms with Crippen molar-refractivity contribution >= 4 is 0 Å². The van der Waals surface area contributed by atoms with Gasteiger partial charge in [0.2, 0.25) is 0 Å². The van der Waals surface area contributed by atoms with Crippen LogP contribution in [-0.4, -0.2) is 44.6 Å². The molecule has 1 unspecified atom stereocenters. The fourth-order valence-electron chi connectivity index (χ4n) is 2.31. The van der Waals surface area contributed by atoms with Crippen LogP contribution in [0.15, 0.2) is 24.3 Å². The molecule has 1 aliphatic heterocycles. The van der Waals surface area contributed by atoms with Gasteiger partial charge in [-0.05, 0) is 37.5 Å². The van der Waals surface area contributed by atoms with Crippen LogP contribution in [0.25, 0.3) is 0 Å². The van der Waals surface area contributed by atoms with Crippen molar-refractivity contribution in [3.05, 3.63) is 29.8 Å². The highest BCUT2D eigenvalue weighted by Crippen LogP contribution is 2.25. The zero-order valence-corrected chi connectivity index (χ0v) is 12.4. The standard InChI is InChI=1S/C16H25NO3/c1-13(17-9-16(10-18)11-20-12-16)3-4-14-5-7-15(19-2)8-6-14/h5-8,13,17-18H,3-4,9-12H2,1-2H3. The van der Waals surface area contributed by atoms with Gasteiger partial charge < -0.3 is 19.9 Å². The van der Waals surface area contributed by atoms with Crippen LogP contribution in [0.4, 0.5) is 0 Å². The molecule has 1 atom stereocenters. The van der Waals surface area contributed by atoms with Gasteiger partial charge in [0, 0.05) is 12.6 Å². The van der Waals surface area contributed by atoms with Gasteiger partial charge in [-0.2, -0.15) is 0 Å². The number of hydrogen-bond donors (Lipinski definition) is 2. The summed E-state index contributed by atoms with van der Waals surface area (Å²) in [6.45, 7) is 4.55. The topological polar surface area (TPSA) is 50.7 Å². The lowest BCUT2D eigenvalue weighted by atomic mass is 9.86. The Morgan fingerprint density at radius 1 is 1.35 bits per heavy atom. The average molecular weight is 279 g/mol. The maximum absolute atomic E-state index is 9.37. The highest BCUT2D eigenvalue weighted by molar-refractivity contribution is 5.27. The number of hydrogen-bond acceptors (Lipinski definition) is 4. The van der Waals surface area contributed by atoms with E-state index in [0.29, 0.717) is 19.3 Å². The highest BCUT2D eigenvalue weighted by atomic mass is 16.5. The molecule has 4 nitrogen and oxygen atoms in total.